The smallest absolute Gasteiger partial charge is 0.367 e. The maximum Gasteiger partial charge on any atom is 0.418 e. The fourth-order valence-corrected chi connectivity index (χ4v) is 2.83. The van der Waals surface area contributed by atoms with E-state index in [-0.39, 0.29) is 18.1 Å². The Balaban J connectivity index is 2.13. The first-order valence-corrected chi connectivity index (χ1v) is 7.66. The zero-order valence-electron chi connectivity index (χ0n) is 12.1. The fourth-order valence-electron chi connectivity index (χ4n) is 2.47. The summed E-state index contributed by atoms with van der Waals surface area (Å²) in [5, 5.41) is 2.78. The number of anilines is 1. The number of carbonyl (C=O) groups excluding carboxylic acids is 1. The summed E-state index contributed by atoms with van der Waals surface area (Å²) in [6.07, 6.45) is -4.40. The number of rotatable bonds is 3. The Hall–Kier alpha value is -1.28. The number of likely N-dealkylation sites (N-methyl/N-ethyl adjacent to an activating group) is 1. The van der Waals surface area contributed by atoms with Crippen molar-refractivity contribution < 1.29 is 18.0 Å². The minimum atomic E-state index is -4.40. The van der Waals surface area contributed by atoms with Gasteiger partial charge < -0.3 is 15.1 Å². The van der Waals surface area contributed by atoms with Crippen LogP contribution in [0, 0.1) is 0 Å². The van der Waals surface area contributed by atoms with Gasteiger partial charge in [0.15, 0.2) is 0 Å². The number of hydrogen-bond acceptors (Lipinski definition) is 3. The van der Waals surface area contributed by atoms with Crippen LogP contribution in [-0.2, 0) is 11.0 Å². The van der Waals surface area contributed by atoms with Crippen LogP contribution in [0.4, 0.5) is 18.9 Å². The highest BCUT2D eigenvalue weighted by atomic mass is 79.9. The van der Waals surface area contributed by atoms with Crippen LogP contribution < -0.4 is 10.2 Å². The molecule has 1 fully saturated rings. The van der Waals surface area contributed by atoms with Crippen molar-refractivity contribution in [3.63, 3.8) is 0 Å². The standard InChI is InChI=1S/C14H17BrF3N3O/c1-19-9-13(22)21-6-4-20(5-7-21)12-3-2-10(15)8-11(12)14(16,17)18/h2-3,8,19H,4-7,9H2,1H3. The zero-order valence-corrected chi connectivity index (χ0v) is 13.7. The van der Waals surface area contributed by atoms with Crippen LogP contribution in [0.2, 0.25) is 0 Å². The molecule has 4 nitrogen and oxygen atoms in total. The summed E-state index contributed by atoms with van der Waals surface area (Å²) in [5.41, 5.74) is -0.492. The predicted octanol–water partition coefficient (Wildman–Crippen LogP) is 2.34. The zero-order chi connectivity index (χ0) is 16.3. The average Bonchev–Trinajstić information content (AvgIpc) is 2.47. The molecular weight excluding hydrogens is 363 g/mol. The molecule has 1 heterocycles. The number of alkyl halides is 3. The maximum atomic E-state index is 13.2. The van der Waals surface area contributed by atoms with Gasteiger partial charge in [-0.2, -0.15) is 13.2 Å². The lowest BCUT2D eigenvalue weighted by Gasteiger charge is -2.37. The van der Waals surface area contributed by atoms with E-state index < -0.39 is 11.7 Å². The molecule has 0 unspecified atom stereocenters. The topological polar surface area (TPSA) is 35.6 Å². The highest BCUT2D eigenvalue weighted by Crippen LogP contribution is 2.38. The molecule has 22 heavy (non-hydrogen) atoms. The molecule has 1 aliphatic rings. The van der Waals surface area contributed by atoms with Crippen molar-refractivity contribution in [3.05, 3.63) is 28.2 Å². The Morgan fingerprint density at radius 2 is 1.91 bits per heavy atom. The third kappa shape index (κ3) is 3.92. The van der Waals surface area contributed by atoms with E-state index in [1.54, 1.807) is 22.9 Å². The molecule has 0 radical (unpaired) electrons. The number of piperazine rings is 1. The Bertz CT molecular complexity index is 543. The molecule has 122 valence electrons. The summed E-state index contributed by atoms with van der Waals surface area (Å²) < 4.78 is 39.9. The van der Waals surface area contributed by atoms with Crippen molar-refractivity contribution in [1.82, 2.24) is 10.2 Å². The largest absolute Gasteiger partial charge is 0.418 e. The molecule has 1 aromatic rings. The second kappa shape index (κ2) is 6.87. The minimum absolute atomic E-state index is 0.0333. The number of benzene rings is 1. The summed E-state index contributed by atoms with van der Waals surface area (Å²) in [7, 11) is 1.69. The van der Waals surface area contributed by atoms with Gasteiger partial charge in [0, 0.05) is 36.3 Å². The van der Waals surface area contributed by atoms with E-state index in [1.807, 2.05) is 0 Å². The van der Waals surface area contributed by atoms with E-state index in [0.29, 0.717) is 30.7 Å². The molecule has 0 bridgehead atoms. The third-order valence-electron chi connectivity index (χ3n) is 3.57. The summed E-state index contributed by atoms with van der Waals surface area (Å²) in [6, 6.07) is 4.16. The van der Waals surface area contributed by atoms with Crippen molar-refractivity contribution in [1.29, 1.82) is 0 Å². The number of hydrogen-bond donors (Lipinski definition) is 1. The van der Waals surface area contributed by atoms with Gasteiger partial charge >= 0.3 is 6.18 Å². The number of carbonyl (C=O) groups is 1. The predicted molar refractivity (Wildman–Crippen MR) is 81.9 cm³/mol. The molecule has 1 aromatic carbocycles. The van der Waals surface area contributed by atoms with E-state index in [2.05, 4.69) is 21.2 Å². The second-order valence-electron chi connectivity index (χ2n) is 5.06. The van der Waals surface area contributed by atoms with E-state index in [0.717, 1.165) is 6.07 Å². The highest BCUT2D eigenvalue weighted by molar-refractivity contribution is 9.10. The van der Waals surface area contributed by atoms with Gasteiger partial charge in [-0.15, -0.1) is 0 Å². The molecule has 0 saturated carbocycles. The van der Waals surface area contributed by atoms with Gasteiger partial charge in [0.2, 0.25) is 5.91 Å². The summed E-state index contributed by atoms with van der Waals surface area (Å²) >= 11 is 3.08. The molecule has 1 saturated heterocycles. The third-order valence-corrected chi connectivity index (χ3v) is 4.06. The highest BCUT2D eigenvalue weighted by Gasteiger charge is 2.35. The van der Waals surface area contributed by atoms with Gasteiger partial charge in [0.05, 0.1) is 12.1 Å². The normalized spacial score (nSPS) is 16.0. The van der Waals surface area contributed by atoms with E-state index in [4.69, 9.17) is 0 Å². The lowest BCUT2D eigenvalue weighted by molar-refractivity contribution is -0.137. The minimum Gasteiger partial charge on any atom is -0.367 e. The SMILES string of the molecule is CNCC(=O)N1CCN(c2ccc(Br)cc2C(F)(F)F)CC1. The quantitative estimate of drug-likeness (QED) is 0.875. The Kier molecular flexibility index (Phi) is 5.33. The number of nitrogens with zero attached hydrogens (tertiary/aromatic N) is 2. The van der Waals surface area contributed by atoms with Crippen LogP contribution in [-0.4, -0.2) is 50.6 Å². The van der Waals surface area contributed by atoms with Gasteiger partial charge in [-0.3, -0.25) is 4.79 Å². The molecule has 2 rings (SSSR count). The van der Waals surface area contributed by atoms with Gasteiger partial charge in [-0.05, 0) is 25.2 Å². The van der Waals surface area contributed by atoms with Crippen LogP contribution in [0.1, 0.15) is 5.56 Å². The van der Waals surface area contributed by atoms with Gasteiger partial charge in [0.1, 0.15) is 0 Å². The molecule has 0 atom stereocenters. The van der Waals surface area contributed by atoms with Crippen molar-refractivity contribution >= 4 is 27.5 Å². The first kappa shape index (κ1) is 17.1. The summed E-state index contributed by atoms with van der Waals surface area (Å²) in [6.45, 7) is 1.87. The molecule has 0 aromatic heterocycles. The van der Waals surface area contributed by atoms with E-state index in [9.17, 15) is 18.0 Å². The fraction of sp³-hybridized carbons (Fsp3) is 0.500. The van der Waals surface area contributed by atoms with Crippen LogP contribution in [0.5, 0.6) is 0 Å². The Labute approximate surface area is 135 Å². The van der Waals surface area contributed by atoms with Crippen molar-refractivity contribution in [3.8, 4) is 0 Å². The maximum absolute atomic E-state index is 13.2. The number of nitrogens with one attached hydrogen (secondary N) is 1. The monoisotopic (exact) mass is 379 g/mol. The van der Waals surface area contributed by atoms with Crippen LogP contribution in [0.25, 0.3) is 0 Å². The first-order valence-electron chi connectivity index (χ1n) is 6.87. The molecule has 1 aliphatic heterocycles. The van der Waals surface area contributed by atoms with Crippen LogP contribution in [0.15, 0.2) is 22.7 Å². The molecule has 0 aliphatic carbocycles. The van der Waals surface area contributed by atoms with Crippen molar-refractivity contribution in [2.75, 3.05) is 44.7 Å². The van der Waals surface area contributed by atoms with Crippen LogP contribution in [0.3, 0.4) is 0 Å². The van der Waals surface area contributed by atoms with Crippen LogP contribution >= 0.6 is 15.9 Å². The average molecular weight is 380 g/mol. The molecular formula is C14H17BrF3N3O. The van der Waals surface area contributed by atoms with Gasteiger partial charge in [-0.25, -0.2) is 0 Å². The second-order valence-corrected chi connectivity index (χ2v) is 5.97. The van der Waals surface area contributed by atoms with E-state index >= 15 is 0 Å². The molecule has 0 spiro atoms. The Morgan fingerprint density at radius 3 is 2.45 bits per heavy atom. The lowest BCUT2D eigenvalue weighted by Crippen LogP contribution is -2.51. The first-order chi connectivity index (χ1) is 10.3. The molecule has 1 amide bonds. The number of amides is 1. The number of halogens is 4. The summed E-state index contributed by atoms with van der Waals surface area (Å²) in [4.78, 5) is 15.1. The van der Waals surface area contributed by atoms with Gasteiger partial charge in [-0.1, -0.05) is 15.9 Å². The van der Waals surface area contributed by atoms with Crippen molar-refractivity contribution in [2.24, 2.45) is 0 Å². The van der Waals surface area contributed by atoms with E-state index in [1.165, 1.54) is 6.07 Å². The summed E-state index contributed by atoms with van der Waals surface area (Å²) in [5.74, 6) is -0.0333. The lowest BCUT2D eigenvalue weighted by atomic mass is 10.1. The Morgan fingerprint density at radius 1 is 1.27 bits per heavy atom. The van der Waals surface area contributed by atoms with Gasteiger partial charge in [0.25, 0.3) is 0 Å². The molecule has 1 N–H and O–H groups in total. The van der Waals surface area contributed by atoms with Crippen molar-refractivity contribution in [2.45, 2.75) is 6.18 Å². The molecule has 8 heteroatoms.